The minimum atomic E-state index is 0.703. The van der Waals surface area contributed by atoms with Gasteiger partial charge in [0, 0.05) is 12.2 Å². The van der Waals surface area contributed by atoms with Crippen LogP contribution in [0.5, 0.6) is 0 Å². The summed E-state index contributed by atoms with van der Waals surface area (Å²) in [4.78, 5) is 4.39. The summed E-state index contributed by atoms with van der Waals surface area (Å²) in [5, 5.41) is 8.81. The summed E-state index contributed by atoms with van der Waals surface area (Å²) in [6.45, 7) is 2.05. The third kappa shape index (κ3) is 3.29. The van der Waals surface area contributed by atoms with Crippen molar-refractivity contribution < 1.29 is 0 Å². The topological polar surface area (TPSA) is 49.6 Å². The van der Waals surface area contributed by atoms with Gasteiger partial charge in [0.1, 0.15) is 5.82 Å². The fourth-order valence-corrected chi connectivity index (χ4v) is 2.95. The van der Waals surface area contributed by atoms with Crippen LogP contribution < -0.4 is 0 Å². The van der Waals surface area contributed by atoms with Gasteiger partial charge < -0.3 is 0 Å². The van der Waals surface area contributed by atoms with Crippen LogP contribution in [0.4, 0.5) is 0 Å². The Hall–Kier alpha value is -1.38. The Morgan fingerprint density at radius 1 is 1.47 bits per heavy atom. The number of hydrogen-bond donors (Lipinski definition) is 0. The highest BCUT2D eigenvalue weighted by molar-refractivity contribution is 8.00. The van der Waals surface area contributed by atoms with Gasteiger partial charge in [0.05, 0.1) is 11.6 Å². The van der Waals surface area contributed by atoms with Crippen molar-refractivity contribution in [2.45, 2.75) is 23.4 Å². The number of aromatic nitrogens is 2. The molecule has 1 aromatic carbocycles. The second kappa shape index (κ2) is 5.80. The maximum atomic E-state index is 8.81. The van der Waals surface area contributed by atoms with Gasteiger partial charge in [-0.05, 0) is 29.2 Å². The van der Waals surface area contributed by atoms with Crippen molar-refractivity contribution in [3.63, 3.8) is 0 Å². The highest BCUT2D eigenvalue weighted by atomic mass is 32.2. The largest absolute Gasteiger partial charge is 0.213 e. The van der Waals surface area contributed by atoms with Gasteiger partial charge in [-0.25, -0.2) is 4.98 Å². The van der Waals surface area contributed by atoms with Gasteiger partial charge in [-0.3, -0.25) is 0 Å². The zero-order valence-corrected chi connectivity index (χ0v) is 11.0. The van der Waals surface area contributed by atoms with Gasteiger partial charge >= 0.3 is 0 Å². The van der Waals surface area contributed by atoms with E-state index in [1.54, 1.807) is 11.8 Å². The predicted octanol–water partition coefficient (Wildman–Crippen LogP) is 3.26. The smallest absolute Gasteiger partial charge is 0.170 e. The van der Waals surface area contributed by atoms with E-state index in [2.05, 4.69) is 15.4 Å². The maximum Gasteiger partial charge on any atom is 0.170 e. The molecule has 3 nitrogen and oxygen atoms in total. The molecule has 0 amide bonds. The van der Waals surface area contributed by atoms with Crippen molar-refractivity contribution in [2.24, 2.45) is 0 Å². The summed E-state index contributed by atoms with van der Waals surface area (Å²) in [5.41, 5.74) is 1.84. The Morgan fingerprint density at radius 2 is 2.35 bits per heavy atom. The Labute approximate surface area is 109 Å². The standard InChI is InChI=1S/C12H11N3S2/c1-2-11-14-12(17-15-11)16-8-10-5-3-4-9(6-10)7-13/h3-6H,2,8H2,1H3. The first-order valence-corrected chi connectivity index (χ1v) is 7.02. The number of nitrogens with zero attached hydrogens (tertiary/aromatic N) is 3. The van der Waals surface area contributed by atoms with E-state index in [1.165, 1.54) is 11.5 Å². The number of aryl methyl sites for hydroxylation is 1. The van der Waals surface area contributed by atoms with Crippen LogP contribution in [0.2, 0.25) is 0 Å². The van der Waals surface area contributed by atoms with E-state index < -0.39 is 0 Å². The molecule has 0 saturated heterocycles. The highest BCUT2D eigenvalue weighted by Crippen LogP contribution is 2.24. The second-order valence-electron chi connectivity index (χ2n) is 3.43. The minimum absolute atomic E-state index is 0.703. The lowest BCUT2D eigenvalue weighted by Gasteiger charge is -1.98. The Kier molecular flexibility index (Phi) is 4.13. The van der Waals surface area contributed by atoms with E-state index in [1.807, 2.05) is 31.2 Å². The molecule has 2 rings (SSSR count). The van der Waals surface area contributed by atoms with Crippen LogP contribution >= 0.6 is 23.3 Å². The molecule has 0 aliphatic carbocycles. The first-order chi connectivity index (χ1) is 8.31. The molecule has 0 saturated carbocycles. The van der Waals surface area contributed by atoms with Crippen molar-refractivity contribution in [3.05, 3.63) is 41.2 Å². The zero-order chi connectivity index (χ0) is 12.1. The summed E-state index contributed by atoms with van der Waals surface area (Å²) in [6, 6.07) is 9.80. The van der Waals surface area contributed by atoms with Crippen LogP contribution in [0.25, 0.3) is 0 Å². The van der Waals surface area contributed by atoms with Crippen LogP contribution in [0.1, 0.15) is 23.9 Å². The van der Waals surface area contributed by atoms with Crippen molar-refractivity contribution in [3.8, 4) is 6.07 Å². The number of thioether (sulfide) groups is 1. The molecule has 1 aromatic heterocycles. The number of rotatable bonds is 4. The molecule has 2 aromatic rings. The van der Waals surface area contributed by atoms with Crippen LogP contribution in [0.15, 0.2) is 28.6 Å². The first-order valence-electron chi connectivity index (χ1n) is 5.26. The van der Waals surface area contributed by atoms with Crippen molar-refractivity contribution in [2.75, 3.05) is 0 Å². The third-order valence-corrected chi connectivity index (χ3v) is 4.13. The van der Waals surface area contributed by atoms with Crippen LogP contribution in [-0.4, -0.2) is 9.36 Å². The van der Waals surface area contributed by atoms with Gasteiger partial charge in [-0.1, -0.05) is 30.8 Å². The first kappa shape index (κ1) is 12.1. The molecule has 17 heavy (non-hydrogen) atoms. The molecule has 0 atom stereocenters. The zero-order valence-electron chi connectivity index (χ0n) is 9.38. The van der Waals surface area contributed by atoms with E-state index in [4.69, 9.17) is 5.26 Å². The molecule has 0 radical (unpaired) electrons. The Bertz CT molecular complexity index is 543. The SMILES string of the molecule is CCc1nsc(SCc2cccc(C#N)c2)n1. The van der Waals surface area contributed by atoms with E-state index >= 15 is 0 Å². The lowest BCUT2D eigenvalue weighted by molar-refractivity contribution is 0.971. The van der Waals surface area contributed by atoms with E-state index in [9.17, 15) is 0 Å². The fourth-order valence-electron chi connectivity index (χ4n) is 1.32. The average Bonchev–Trinajstić information content (AvgIpc) is 2.84. The molecular formula is C12H11N3S2. The van der Waals surface area contributed by atoms with E-state index in [0.29, 0.717) is 5.56 Å². The normalized spacial score (nSPS) is 10.1. The maximum absolute atomic E-state index is 8.81. The van der Waals surface area contributed by atoms with Crippen molar-refractivity contribution in [1.82, 2.24) is 9.36 Å². The minimum Gasteiger partial charge on any atom is -0.213 e. The average molecular weight is 261 g/mol. The molecular weight excluding hydrogens is 250 g/mol. The lowest BCUT2D eigenvalue weighted by atomic mass is 10.2. The van der Waals surface area contributed by atoms with E-state index in [0.717, 1.165) is 27.9 Å². The molecule has 0 fully saturated rings. The molecule has 0 aliphatic rings. The van der Waals surface area contributed by atoms with Gasteiger partial charge in [-0.15, -0.1) is 0 Å². The summed E-state index contributed by atoms with van der Waals surface area (Å²) in [5.74, 6) is 1.73. The molecule has 1 heterocycles. The van der Waals surface area contributed by atoms with Crippen molar-refractivity contribution >= 4 is 23.3 Å². The van der Waals surface area contributed by atoms with Gasteiger partial charge in [0.2, 0.25) is 0 Å². The summed E-state index contributed by atoms with van der Waals surface area (Å²) in [6.07, 6.45) is 0.876. The lowest BCUT2D eigenvalue weighted by Crippen LogP contribution is -1.83. The monoisotopic (exact) mass is 261 g/mol. The molecule has 86 valence electrons. The summed E-state index contributed by atoms with van der Waals surface area (Å²) >= 11 is 3.10. The van der Waals surface area contributed by atoms with Gasteiger partial charge in [-0.2, -0.15) is 9.64 Å². The summed E-state index contributed by atoms with van der Waals surface area (Å²) < 4.78 is 5.23. The molecule has 0 unspecified atom stereocenters. The number of benzene rings is 1. The predicted molar refractivity (Wildman–Crippen MR) is 70.0 cm³/mol. The summed E-state index contributed by atoms with van der Waals surface area (Å²) in [7, 11) is 0. The molecule has 0 spiro atoms. The molecule has 0 N–H and O–H groups in total. The van der Waals surface area contributed by atoms with Gasteiger partial charge in [0.15, 0.2) is 4.34 Å². The highest BCUT2D eigenvalue weighted by Gasteiger charge is 2.03. The van der Waals surface area contributed by atoms with Crippen LogP contribution in [0, 0.1) is 11.3 Å². The Morgan fingerprint density at radius 3 is 3.06 bits per heavy atom. The molecule has 5 heteroatoms. The second-order valence-corrected chi connectivity index (χ2v) is 5.41. The quantitative estimate of drug-likeness (QED) is 0.793. The number of nitriles is 1. The van der Waals surface area contributed by atoms with E-state index in [-0.39, 0.29) is 0 Å². The molecule has 0 bridgehead atoms. The van der Waals surface area contributed by atoms with Crippen molar-refractivity contribution in [1.29, 1.82) is 5.26 Å². The van der Waals surface area contributed by atoms with Gasteiger partial charge in [0.25, 0.3) is 0 Å². The molecule has 0 aliphatic heterocycles. The van der Waals surface area contributed by atoms with Crippen LogP contribution in [0.3, 0.4) is 0 Å². The Balaban J connectivity index is 1.99. The third-order valence-electron chi connectivity index (χ3n) is 2.18. The number of hydrogen-bond acceptors (Lipinski definition) is 5. The fraction of sp³-hybridized carbons (Fsp3) is 0.250. The van der Waals surface area contributed by atoms with Crippen LogP contribution in [-0.2, 0) is 12.2 Å².